The van der Waals surface area contributed by atoms with Gasteiger partial charge in [-0.05, 0) is 61.2 Å². The fourth-order valence-electron chi connectivity index (χ4n) is 3.08. The van der Waals surface area contributed by atoms with Crippen LogP contribution in [0.3, 0.4) is 0 Å². The number of pyridine rings is 1. The van der Waals surface area contributed by atoms with Gasteiger partial charge in [0.25, 0.3) is 0 Å². The molecule has 0 aliphatic rings. The van der Waals surface area contributed by atoms with Gasteiger partial charge in [-0.1, -0.05) is 30.3 Å². The fraction of sp³-hybridized carbons (Fsp3) is 0.182. The molecule has 1 heterocycles. The SMILES string of the molecule is Cc1ccnc(C)c1-c1ccc(NC(=O)C(N)Cc2ccccc2F)cc1. The molecule has 5 heteroatoms. The van der Waals surface area contributed by atoms with Gasteiger partial charge in [0, 0.05) is 23.1 Å². The number of hydrogen-bond donors (Lipinski definition) is 2. The van der Waals surface area contributed by atoms with Crippen molar-refractivity contribution in [3.8, 4) is 11.1 Å². The molecule has 2 aromatic carbocycles. The Balaban J connectivity index is 1.69. The number of halogens is 1. The summed E-state index contributed by atoms with van der Waals surface area (Å²) in [7, 11) is 0. The molecule has 0 aliphatic carbocycles. The van der Waals surface area contributed by atoms with E-state index in [4.69, 9.17) is 5.73 Å². The van der Waals surface area contributed by atoms with Crippen LogP contribution >= 0.6 is 0 Å². The Hall–Kier alpha value is -3.05. The number of nitrogens with one attached hydrogen (secondary N) is 1. The zero-order valence-corrected chi connectivity index (χ0v) is 15.4. The predicted octanol–water partition coefficient (Wildman–Crippen LogP) is 4.01. The molecule has 3 aromatic rings. The summed E-state index contributed by atoms with van der Waals surface area (Å²) in [6.07, 6.45) is 1.93. The Kier molecular flexibility index (Phi) is 5.62. The monoisotopic (exact) mass is 363 g/mol. The maximum Gasteiger partial charge on any atom is 0.241 e. The summed E-state index contributed by atoms with van der Waals surface area (Å²) in [5, 5.41) is 2.79. The zero-order chi connectivity index (χ0) is 19.4. The second kappa shape index (κ2) is 8.10. The maximum atomic E-state index is 13.7. The van der Waals surface area contributed by atoms with E-state index < -0.39 is 6.04 Å². The molecular weight excluding hydrogens is 341 g/mol. The van der Waals surface area contributed by atoms with E-state index in [1.807, 2.05) is 44.2 Å². The Bertz CT molecular complexity index is 934. The van der Waals surface area contributed by atoms with Crippen molar-refractivity contribution < 1.29 is 9.18 Å². The number of benzene rings is 2. The molecule has 0 spiro atoms. The molecule has 27 heavy (non-hydrogen) atoms. The summed E-state index contributed by atoms with van der Waals surface area (Å²) < 4.78 is 13.7. The lowest BCUT2D eigenvalue weighted by molar-refractivity contribution is -0.117. The summed E-state index contributed by atoms with van der Waals surface area (Å²) >= 11 is 0. The van der Waals surface area contributed by atoms with Crippen molar-refractivity contribution >= 4 is 11.6 Å². The van der Waals surface area contributed by atoms with Crippen LogP contribution < -0.4 is 11.1 Å². The first-order valence-electron chi connectivity index (χ1n) is 8.78. The molecule has 3 N–H and O–H groups in total. The quantitative estimate of drug-likeness (QED) is 0.720. The van der Waals surface area contributed by atoms with Crippen molar-refractivity contribution in [2.24, 2.45) is 5.73 Å². The summed E-state index contributed by atoms with van der Waals surface area (Å²) in [6, 6.07) is 15.0. The first-order valence-corrected chi connectivity index (χ1v) is 8.78. The van der Waals surface area contributed by atoms with Gasteiger partial charge in [-0.3, -0.25) is 9.78 Å². The average Bonchev–Trinajstić information content (AvgIpc) is 2.64. The summed E-state index contributed by atoms with van der Waals surface area (Å²) in [5.74, 6) is -0.702. The number of carbonyl (C=O) groups is 1. The number of aromatic nitrogens is 1. The average molecular weight is 363 g/mol. The third-order valence-electron chi connectivity index (χ3n) is 4.52. The number of anilines is 1. The van der Waals surface area contributed by atoms with Crippen LogP contribution in [0.5, 0.6) is 0 Å². The first kappa shape index (κ1) is 18.7. The molecule has 0 fully saturated rings. The Morgan fingerprint density at radius 3 is 2.48 bits per heavy atom. The van der Waals surface area contributed by atoms with E-state index in [0.717, 1.165) is 22.4 Å². The summed E-state index contributed by atoms with van der Waals surface area (Å²) in [4.78, 5) is 16.7. The van der Waals surface area contributed by atoms with Crippen LogP contribution in [0, 0.1) is 19.7 Å². The largest absolute Gasteiger partial charge is 0.325 e. The van der Waals surface area contributed by atoms with E-state index in [2.05, 4.69) is 10.3 Å². The number of amides is 1. The Labute approximate surface area is 158 Å². The highest BCUT2D eigenvalue weighted by Crippen LogP contribution is 2.26. The van der Waals surface area contributed by atoms with E-state index in [9.17, 15) is 9.18 Å². The summed E-state index contributed by atoms with van der Waals surface area (Å²) in [6.45, 7) is 4.02. The number of nitrogens with two attached hydrogens (primary N) is 1. The molecule has 4 nitrogen and oxygen atoms in total. The number of hydrogen-bond acceptors (Lipinski definition) is 3. The minimum atomic E-state index is -0.829. The van der Waals surface area contributed by atoms with Crippen LogP contribution in [0.25, 0.3) is 11.1 Å². The van der Waals surface area contributed by atoms with Crippen LogP contribution in [0.2, 0.25) is 0 Å². The predicted molar refractivity (Wildman–Crippen MR) is 106 cm³/mol. The normalized spacial score (nSPS) is 11.9. The van der Waals surface area contributed by atoms with Gasteiger partial charge in [-0.15, -0.1) is 0 Å². The van der Waals surface area contributed by atoms with Gasteiger partial charge in [0.1, 0.15) is 5.82 Å². The van der Waals surface area contributed by atoms with E-state index >= 15 is 0 Å². The third-order valence-corrected chi connectivity index (χ3v) is 4.52. The smallest absolute Gasteiger partial charge is 0.241 e. The van der Waals surface area contributed by atoms with Gasteiger partial charge in [0.2, 0.25) is 5.91 Å². The molecule has 0 saturated heterocycles. The van der Waals surface area contributed by atoms with Gasteiger partial charge < -0.3 is 11.1 Å². The van der Waals surface area contributed by atoms with E-state index in [0.29, 0.717) is 11.3 Å². The number of carbonyl (C=O) groups excluding carboxylic acids is 1. The zero-order valence-electron chi connectivity index (χ0n) is 15.4. The molecule has 1 amide bonds. The highest BCUT2D eigenvalue weighted by molar-refractivity contribution is 5.95. The maximum absolute atomic E-state index is 13.7. The highest BCUT2D eigenvalue weighted by atomic mass is 19.1. The van der Waals surface area contributed by atoms with Gasteiger partial charge in [0.05, 0.1) is 6.04 Å². The first-order chi connectivity index (χ1) is 13.0. The van der Waals surface area contributed by atoms with E-state index in [-0.39, 0.29) is 18.1 Å². The topological polar surface area (TPSA) is 68.0 Å². The molecule has 1 unspecified atom stereocenters. The van der Waals surface area contributed by atoms with Crippen LogP contribution in [-0.2, 0) is 11.2 Å². The Morgan fingerprint density at radius 1 is 1.11 bits per heavy atom. The lowest BCUT2D eigenvalue weighted by atomic mass is 9.99. The second-order valence-electron chi connectivity index (χ2n) is 6.56. The van der Waals surface area contributed by atoms with Crippen molar-refractivity contribution in [1.29, 1.82) is 0 Å². The minimum Gasteiger partial charge on any atom is -0.325 e. The number of nitrogens with zero attached hydrogens (tertiary/aromatic N) is 1. The van der Waals surface area contributed by atoms with Crippen LogP contribution in [0.15, 0.2) is 60.8 Å². The van der Waals surface area contributed by atoms with Gasteiger partial charge in [0.15, 0.2) is 0 Å². The second-order valence-corrected chi connectivity index (χ2v) is 6.56. The molecule has 0 bridgehead atoms. The molecular formula is C22H22FN3O. The molecule has 0 aliphatic heterocycles. The molecule has 1 atom stereocenters. The van der Waals surface area contributed by atoms with Crippen molar-refractivity contribution in [1.82, 2.24) is 4.98 Å². The number of aryl methyl sites for hydroxylation is 2. The van der Waals surface area contributed by atoms with Crippen molar-refractivity contribution in [2.45, 2.75) is 26.3 Å². The highest BCUT2D eigenvalue weighted by Gasteiger charge is 2.16. The fourth-order valence-corrected chi connectivity index (χ4v) is 3.08. The lowest BCUT2D eigenvalue weighted by Crippen LogP contribution is -2.37. The molecule has 138 valence electrons. The molecule has 3 rings (SSSR count). The van der Waals surface area contributed by atoms with E-state index in [1.165, 1.54) is 6.07 Å². The molecule has 0 saturated carbocycles. The Morgan fingerprint density at radius 2 is 1.81 bits per heavy atom. The minimum absolute atomic E-state index is 0.144. The number of rotatable bonds is 5. The molecule has 1 aromatic heterocycles. The lowest BCUT2D eigenvalue weighted by Gasteiger charge is -2.14. The van der Waals surface area contributed by atoms with Gasteiger partial charge in [-0.25, -0.2) is 4.39 Å². The van der Waals surface area contributed by atoms with Gasteiger partial charge >= 0.3 is 0 Å². The standard InChI is InChI=1S/C22H22FN3O/c1-14-11-12-25-15(2)21(14)16-7-9-18(10-8-16)26-22(27)20(24)13-17-5-3-4-6-19(17)23/h3-12,20H,13,24H2,1-2H3,(H,26,27). The van der Waals surface area contributed by atoms with Crippen molar-refractivity contribution in [3.63, 3.8) is 0 Å². The van der Waals surface area contributed by atoms with Gasteiger partial charge in [-0.2, -0.15) is 0 Å². The van der Waals surface area contributed by atoms with Crippen molar-refractivity contribution in [2.75, 3.05) is 5.32 Å². The summed E-state index contributed by atoms with van der Waals surface area (Å²) in [5.41, 5.74) is 11.2. The molecule has 0 radical (unpaired) electrons. The van der Waals surface area contributed by atoms with E-state index in [1.54, 1.807) is 24.4 Å². The third kappa shape index (κ3) is 4.38. The van der Waals surface area contributed by atoms with Crippen molar-refractivity contribution in [3.05, 3.63) is 83.4 Å². The van der Waals surface area contributed by atoms with Crippen LogP contribution in [-0.4, -0.2) is 16.9 Å². The van der Waals surface area contributed by atoms with Crippen LogP contribution in [0.4, 0.5) is 10.1 Å². The van der Waals surface area contributed by atoms with Crippen LogP contribution in [0.1, 0.15) is 16.8 Å².